The van der Waals surface area contributed by atoms with Crippen molar-refractivity contribution in [1.82, 2.24) is 15.5 Å². The van der Waals surface area contributed by atoms with E-state index in [2.05, 4.69) is 34.4 Å². The van der Waals surface area contributed by atoms with Gasteiger partial charge in [0.1, 0.15) is 5.76 Å². The van der Waals surface area contributed by atoms with Crippen LogP contribution in [0.4, 0.5) is 0 Å². The molecule has 0 bridgehead atoms. The maximum absolute atomic E-state index is 5.48. The highest BCUT2D eigenvalue weighted by atomic mass is 16.3. The van der Waals surface area contributed by atoms with E-state index in [-0.39, 0.29) is 6.04 Å². The number of nitrogens with one attached hydrogen (secondary N) is 2. The van der Waals surface area contributed by atoms with Gasteiger partial charge in [-0.1, -0.05) is 13.8 Å². The monoisotopic (exact) mass is 266 g/mol. The summed E-state index contributed by atoms with van der Waals surface area (Å²) in [5.74, 6) is 2.37. The SMILES string of the molecule is CN=C(NCC(C)C)NCC(c1ccco1)N(C)C. The van der Waals surface area contributed by atoms with Crippen molar-refractivity contribution in [1.29, 1.82) is 0 Å². The highest BCUT2D eigenvalue weighted by Crippen LogP contribution is 2.17. The average molecular weight is 266 g/mol. The van der Waals surface area contributed by atoms with E-state index in [1.54, 1.807) is 13.3 Å². The lowest BCUT2D eigenvalue weighted by Gasteiger charge is -2.24. The van der Waals surface area contributed by atoms with Crippen LogP contribution in [0.25, 0.3) is 0 Å². The number of guanidine groups is 1. The van der Waals surface area contributed by atoms with Crippen LogP contribution in [-0.2, 0) is 0 Å². The van der Waals surface area contributed by atoms with Crippen molar-refractivity contribution in [2.75, 3.05) is 34.2 Å². The van der Waals surface area contributed by atoms with Crippen LogP contribution < -0.4 is 10.6 Å². The van der Waals surface area contributed by atoms with Gasteiger partial charge in [0.05, 0.1) is 12.3 Å². The van der Waals surface area contributed by atoms with Crippen LogP contribution in [0.1, 0.15) is 25.6 Å². The van der Waals surface area contributed by atoms with Crippen molar-refractivity contribution >= 4 is 5.96 Å². The first-order chi connectivity index (χ1) is 9.04. The summed E-state index contributed by atoms with van der Waals surface area (Å²) in [6.07, 6.45) is 1.71. The second-order valence-corrected chi connectivity index (χ2v) is 5.22. The average Bonchev–Trinajstić information content (AvgIpc) is 2.86. The van der Waals surface area contributed by atoms with Crippen molar-refractivity contribution in [3.8, 4) is 0 Å². The van der Waals surface area contributed by atoms with E-state index in [0.717, 1.165) is 24.8 Å². The van der Waals surface area contributed by atoms with Crippen molar-refractivity contribution in [2.45, 2.75) is 19.9 Å². The number of hydrogen-bond acceptors (Lipinski definition) is 3. The molecule has 5 heteroatoms. The fourth-order valence-corrected chi connectivity index (χ4v) is 1.73. The Bertz CT molecular complexity index is 371. The fraction of sp³-hybridized carbons (Fsp3) is 0.643. The van der Waals surface area contributed by atoms with Crippen molar-refractivity contribution in [2.24, 2.45) is 10.9 Å². The molecule has 1 aromatic rings. The van der Waals surface area contributed by atoms with Crippen molar-refractivity contribution in [3.05, 3.63) is 24.2 Å². The predicted molar refractivity (Wildman–Crippen MR) is 79.3 cm³/mol. The van der Waals surface area contributed by atoms with E-state index in [0.29, 0.717) is 5.92 Å². The summed E-state index contributed by atoms with van der Waals surface area (Å²) in [6.45, 7) is 6.00. The Morgan fingerprint density at radius 1 is 1.32 bits per heavy atom. The summed E-state index contributed by atoms with van der Waals surface area (Å²) in [6, 6.07) is 4.10. The Hall–Kier alpha value is -1.49. The Morgan fingerprint density at radius 2 is 2.00 bits per heavy atom. The van der Waals surface area contributed by atoms with Crippen LogP contribution >= 0.6 is 0 Å². The first-order valence-electron chi connectivity index (χ1n) is 6.69. The molecule has 19 heavy (non-hydrogen) atoms. The maximum atomic E-state index is 5.48. The molecule has 1 atom stereocenters. The smallest absolute Gasteiger partial charge is 0.191 e. The summed E-state index contributed by atoms with van der Waals surface area (Å²) < 4.78 is 5.48. The lowest BCUT2D eigenvalue weighted by molar-refractivity contribution is 0.258. The van der Waals surface area contributed by atoms with Gasteiger partial charge < -0.3 is 15.1 Å². The van der Waals surface area contributed by atoms with E-state index in [4.69, 9.17) is 4.42 Å². The molecule has 0 aliphatic heterocycles. The van der Waals surface area contributed by atoms with Gasteiger partial charge in [-0.05, 0) is 32.1 Å². The molecule has 1 rings (SSSR count). The van der Waals surface area contributed by atoms with Crippen LogP contribution in [0.3, 0.4) is 0 Å². The third kappa shape index (κ3) is 5.34. The largest absolute Gasteiger partial charge is 0.468 e. The summed E-state index contributed by atoms with van der Waals surface area (Å²) in [7, 11) is 5.87. The number of aliphatic imine (C=N–C) groups is 1. The van der Waals surface area contributed by atoms with Crippen LogP contribution in [0.5, 0.6) is 0 Å². The first kappa shape index (κ1) is 15.6. The Labute approximate surface area is 116 Å². The zero-order valence-electron chi connectivity index (χ0n) is 12.6. The molecule has 1 unspecified atom stereocenters. The van der Waals surface area contributed by atoms with E-state index in [1.165, 1.54) is 0 Å². The molecular weight excluding hydrogens is 240 g/mol. The molecule has 0 saturated heterocycles. The molecule has 0 aliphatic carbocycles. The normalized spacial score (nSPS) is 13.9. The molecular formula is C14H26N4O. The standard InChI is InChI=1S/C14H26N4O/c1-11(2)9-16-14(15-3)17-10-12(18(4)5)13-7-6-8-19-13/h6-8,11-12H,9-10H2,1-5H3,(H2,15,16,17). The number of rotatable bonds is 6. The summed E-state index contributed by atoms with van der Waals surface area (Å²) in [5, 5.41) is 6.63. The first-order valence-corrected chi connectivity index (χ1v) is 6.69. The van der Waals surface area contributed by atoms with Gasteiger partial charge in [-0.3, -0.25) is 9.89 Å². The van der Waals surface area contributed by atoms with E-state index in [9.17, 15) is 0 Å². The van der Waals surface area contributed by atoms with E-state index >= 15 is 0 Å². The molecule has 0 saturated carbocycles. The zero-order chi connectivity index (χ0) is 14.3. The minimum Gasteiger partial charge on any atom is -0.468 e. The molecule has 0 radical (unpaired) electrons. The predicted octanol–water partition coefficient (Wildman–Crippen LogP) is 1.70. The van der Waals surface area contributed by atoms with Crippen molar-refractivity contribution < 1.29 is 4.42 Å². The quantitative estimate of drug-likeness (QED) is 0.608. The molecule has 0 fully saturated rings. The Balaban J connectivity index is 2.52. The van der Waals surface area contributed by atoms with Gasteiger partial charge in [-0.25, -0.2) is 0 Å². The molecule has 0 amide bonds. The lowest BCUT2D eigenvalue weighted by Crippen LogP contribution is -2.42. The van der Waals surface area contributed by atoms with Gasteiger partial charge in [0.15, 0.2) is 5.96 Å². The van der Waals surface area contributed by atoms with Gasteiger partial charge in [-0.2, -0.15) is 0 Å². The third-order valence-electron chi connectivity index (χ3n) is 2.86. The fourth-order valence-electron chi connectivity index (χ4n) is 1.73. The van der Waals surface area contributed by atoms with E-state index in [1.807, 2.05) is 26.2 Å². The second kappa shape index (κ2) is 7.84. The Morgan fingerprint density at radius 3 is 2.47 bits per heavy atom. The molecule has 5 nitrogen and oxygen atoms in total. The lowest BCUT2D eigenvalue weighted by atomic mass is 10.2. The molecule has 1 aromatic heterocycles. The summed E-state index contributed by atoms with van der Waals surface area (Å²) in [4.78, 5) is 6.34. The number of nitrogens with zero attached hydrogens (tertiary/aromatic N) is 2. The van der Waals surface area contributed by atoms with Gasteiger partial charge in [0.25, 0.3) is 0 Å². The topological polar surface area (TPSA) is 52.8 Å². The molecule has 0 spiro atoms. The van der Waals surface area contributed by atoms with Crippen LogP contribution in [0.2, 0.25) is 0 Å². The van der Waals surface area contributed by atoms with Crippen LogP contribution in [0.15, 0.2) is 27.8 Å². The number of furan rings is 1. The maximum Gasteiger partial charge on any atom is 0.191 e. The molecule has 108 valence electrons. The molecule has 0 aliphatic rings. The van der Waals surface area contributed by atoms with Gasteiger partial charge in [0.2, 0.25) is 0 Å². The second-order valence-electron chi connectivity index (χ2n) is 5.22. The highest BCUT2D eigenvalue weighted by Gasteiger charge is 2.17. The van der Waals surface area contributed by atoms with Gasteiger partial charge in [-0.15, -0.1) is 0 Å². The minimum absolute atomic E-state index is 0.188. The zero-order valence-corrected chi connectivity index (χ0v) is 12.6. The minimum atomic E-state index is 0.188. The summed E-state index contributed by atoms with van der Waals surface area (Å²) >= 11 is 0. The van der Waals surface area contributed by atoms with Crippen molar-refractivity contribution in [3.63, 3.8) is 0 Å². The molecule has 2 N–H and O–H groups in total. The van der Waals surface area contributed by atoms with E-state index < -0.39 is 0 Å². The van der Waals surface area contributed by atoms with Crippen LogP contribution in [-0.4, -0.2) is 45.1 Å². The Kier molecular flexibility index (Phi) is 6.42. The van der Waals surface area contributed by atoms with Gasteiger partial charge >= 0.3 is 0 Å². The summed E-state index contributed by atoms with van der Waals surface area (Å²) in [5.41, 5.74) is 0. The molecule has 1 heterocycles. The number of hydrogen-bond donors (Lipinski definition) is 2. The molecule has 0 aromatic carbocycles. The number of likely N-dealkylation sites (N-methyl/N-ethyl adjacent to an activating group) is 1. The highest BCUT2D eigenvalue weighted by molar-refractivity contribution is 5.79. The van der Waals surface area contributed by atoms with Crippen LogP contribution in [0, 0.1) is 5.92 Å². The van der Waals surface area contributed by atoms with Gasteiger partial charge in [0, 0.05) is 20.1 Å². The third-order valence-corrected chi connectivity index (χ3v) is 2.86.